The summed E-state index contributed by atoms with van der Waals surface area (Å²) in [5.41, 5.74) is 0. The van der Waals surface area contributed by atoms with E-state index in [0.29, 0.717) is 6.04 Å². The summed E-state index contributed by atoms with van der Waals surface area (Å²) in [6, 6.07) is 0.509. The lowest BCUT2D eigenvalue weighted by Crippen LogP contribution is -2.30. The molecule has 0 aromatic heterocycles. The number of nitrogens with one attached hydrogen (secondary N) is 1. The van der Waals surface area contributed by atoms with Crippen LogP contribution < -0.4 is 5.32 Å². The Balaban J connectivity index is 2.03. The predicted octanol–water partition coefficient (Wildman–Crippen LogP) is 0.976. The average Bonchev–Trinajstić information content (AvgIpc) is 2.37. The van der Waals surface area contributed by atoms with E-state index in [4.69, 9.17) is 5.11 Å². The molecule has 2 nitrogen and oxygen atoms in total. The molecule has 1 aliphatic heterocycles. The summed E-state index contributed by atoms with van der Waals surface area (Å²) in [5, 5.41) is 12.2. The van der Waals surface area contributed by atoms with Crippen molar-refractivity contribution in [1.29, 1.82) is 0 Å². The summed E-state index contributed by atoms with van der Waals surface area (Å²) in [4.78, 5) is 0. The summed E-state index contributed by atoms with van der Waals surface area (Å²) < 4.78 is 0. The van der Waals surface area contributed by atoms with Gasteiger partial charge in [-0.25, -0.2) is 0 Å². The van der Waals surface area contributed by atoms with E-state index in [9.17, 15) is 0 Å². The molecular formula is C8H15NOS. The molecule has 2 atom stereocenters. The van der Waals surface area contributed by atoms with E-state index in [0.717, 1.165) is 24.3 Å². The van der Waals surface area contributed by atoms with Crippen molar-refractivity contribution in [2.75, 3.05) is 11.5 Å². The summed E-state index contributed by atoms with van der Waals surface area (Å²) in [6.45, 7) is 3.65. The van der Waals surface area contributed by atoms with Crippen LogP contribution in [0, 0.1) is 0 Å². The van der Waals surface area contributed by atoms with Crippen molar-refractivity contribution in [3.05, 3.63) is 12.7 Å². The van der Waals surface area contributed by atoms with Gasteiger partial charge in [-0.15, -0.1) is 6.58 Å². The van der Waals surface area contributed by atoms with Crippen LogP contribution in [0.3, 0.4) is 0 Å². The van der Waals surface area contributed by atoms with Gasteiger partial charge in [0, 0.05) is 17.5 Å². The summed E-state index contributed by atoms with van der Waals surface area (Å²) >= 11 is 1.86. The molecular weight excluding hydrogens is 158 g/mol. The summed E-state index contributed by atoms with van der Waals surface area (Å²) in [7, 11) is 0. The topological polar surface area (TPSA) is 32.3 Å². The number of hydrogen-bond donors (Lipinski definition) is 2. The molecule has 0 aromatic carbocycles. The van der Waals surface area contributed by atoms with Crippen LogP contribution in [-0.4, -0.2) is 28.9 Å². The maximum absolute atomic E-state index is 9.12. The minimum Gasteiger partial charge on any atom is -0.379 e. The highest BCUT2D eigenvalue weighted by Crippen LogP contribution is 2.14. The number of thioether (sulfide) groups is 1. The van der Waals surface area contributed by atoms with E-state index >= 15 is 0 Å². The molecule has 1 aliphatic rings. The van der Waals surface area contributed by atoms with Gasteiger partial charge in [0.1, 0.15) is 6.23 Å². The zero-order valence-electron chi connectivity index (χ0n) is 6.62. The lowest BCUT2D eigenvalue weighted by molar-refractivity contribution is 0.156. The summed E-state index contributed by atoms with van der Waals surface area (Å²) in [5.74, 6) is 2.09. The molecule has 0 amide bonds. The van der Waals surface area contributed by atoms with Gasteiger partial charge in [-0.1, -0.05) is 6.08 Å². The van der Waals surface area contributed by atoms with Gasteiger partial charge >= 0.3 is 0 Å². The smallest absolute Gasteiger partial charge is 0.105 e. The fourth-order valence-electron chi connectivity index (χ4n) is 1.22. The zero-order chi connectivity index (χ0) is 8.10. The number of rotatable bonds is 4. The first-order valence-electron chi connectivity index (χ1n) is 3.95. The second-order valence-electron chi connectivity index (χ2n) is 2.78. The van der Waals surface area contributed by atoms with Gasteiger partial charge in [-0.05, 0) is 12.8 Å². The third-order valence-electron chi connectivity index (χ3n) is 1.77. The van der Waals surface area contributed by atoms with E-state index in [1.807, 2.05) is 17.8 Å². The summed E-state index contributed by atoms with van der Waals surface area (Å²) in [6.07, 6.45) is 3.66. The van der Waals surface area contributed by atoms with Crippen molar-refractivity contribution in [2.24, 2.45) is 0 Å². The Morgan fingerprint density at radius 3 is 3.00 bits per heavy atom. The molecule has 0 aliphatic carbocycles. The van der Waals surface area contributed by atoms with Gasteiger partial charge in [-0.2, -0.15) is 11.8 Å². The van der Waals surface area contributed by atoms with Gasteiger partial charge in [0.05, 0.1) is 0 Å². The van der Waals surface area contributed by atoms with Crippen molar-refractivity contribution >= 4 is 11.8 Å². The van der Waals surface area contributed by atoms with Crippen LogP contribution in [-0.2, 0) is 0 Å². The van der Waals surface area contributed by atoms with Crippen LogP contribution in [0.25, 0.3) is 0 Å². The molecule has 11 heavy (non-hydrogen) atoms. The van der Waals surface area contributed by atoms with Crippen LogP contribution in [0.1, 0.15) is 12.8 Å². The normalized spacial score (nSPS) is 30.6. The molecule has 1 heterocycles. The highest BCUT2D eigenvalue weighted by molar-refractivity contribution is 7.99. The third kappa shape index (κ3) is 3.27. The van der Waals surface area contributed by atoms with Crippen molar-refractivity contribution in [3.8, 4) is 0 Å². The van der Waals surface area contributed by atoms with Crippen molar-refractivity contribution in [2.45, 2.75) is 25.1 Å². The lowest BCUT2D eigenvalue weighted by atomic mass is 10.2. The molecule has 3 heteroatoms. The van der Waals surface area contributed by atoms with Crippen LogP contribution in [0.2, 0.25) is 0 Å². The molecule has 1 unspecified atom stereocenters. The van der Waals surface area contributed by atoms with E-state index in [-0.39, 0.29) is 6.23 Å². The first-order valence-corrected chi connectivity index (χ1v) is 5.11. The van der Waals surface area contributed by atoms with Crippen LogP contribution >= 0.6 is 11.8 Å². The Morgan fingerprint density at radius 1 is 1.64 bits per heavy atom. The molecule has 1 rings (SSSR count). The highest BCUT2D eigenvalue weighted by Gasteiger charge is 2.20. The average molecular weight is 173 g/mol. The third-order valence-corrected chi connectivity index (χ3v) is 2.88. The van der Waals surface area contributed by atoms with Crippen LogP contribution in [0.15, 0.2) is 12.7 Å². The molecule has 1 saturated heterocycles. The van der Waals surface area contributed by atoms with Gasteiger partial charge in [0.15, 0.2) is 0 Å². The van der Waals surface area contributed by atoms with Crippen molar-refractivity contribution in [1.82, 2.24) is 5.32 Å². The number of aliphatic hydroxyl groups is 1. The van der Waals surface area contributed by atoms with E-state index < -0.39 is 0 Å². The molecule has 64 valence electrons. The molecule has 0 radical (unpaired) electrons. The standard InChI is InChI=1S/C8H15NOS/c1-2-5-11-6-7-3-4-8(10)9-7/h2,7-10H,1,3-6H2/t7-,8?/m0/s1. The van der Waals surface area contributed by atoms with Crippen molar-refractivity contribution in [3.63, 3.8) is 0 Å². The number of aliphatic hydroxyl groups excluding tert-OH is 1. The minimum atomic E-state index is -0.260. The lowest BCUT2D eigenvalue weighted by Gasteiger charge is -2.09. The Kier molecular flexibility index (Phi) is 3.97. The SMILES string of the molecule is C=CCSC[C@@H]1CCC(O)N1. The second kappa shape index (κ2) is 4.80. The van der Waals surface area contributed by atoms with Gasteiger partial charge < -0.3 is 5.11 Å². The zero-order valence-corrected chi connectivity index (χ0v) is 7.44. The van der Waals surface area contributed by atoms with E-state index in [1.54, 1.807) is 0 Å². The predicted molar refractivity (Wildman–Crippen MR) is 49.7 cm³/mol. The van der Waals surface area contributed by atoms with Gasteiger partial charge in [0.2, 0.25) is 0 Å². The van der Waals surface area contributed by atoms with Crippen LogP contribution in [0.5, 0.6) is 0 Å². The quantitative estimate of drug-likeness (QED) is 0.491. The fraction of sp³-hybridized carbons (Fsp3) is 0.750. The second-order valence-corrected chi connectivity index (χ2v) is 3.86. The van der Waals surface area contributed by atoms with E-state index in [2.05, 4.69) is 11.9 Å². The van der Waals surface area contributed by atoms with E-state index in [1.165, 1.54) is 0 Å². The first-order chi connectivity index (χ1) is 5.33. The van der Waals surface area contributed by atoms with Crippen molar-refractivity contribution < 1.29 is 5.11 Å². The van der Waals surface area contributed by atoms with Gasteiger partial charge in [0.25, 0.3) is 0 Å². The maximum Gasteiger partial charge on any atom is 0.105 e. The first kappa shape index (κ1) is 9.10. The molecule has 0 bridgehead atoms. The Bertz CT molecular complexity index is 129. The minimum absolute atomic E-state index is 0.260. The highest BCUT2D eigenvalue weighted by atomic mass is 32.2. The monoisotopic (exact) mass is 173 g/mol. The molecule has 0 aromatic rings. The molecule has 0 spiro atoms. The Labute approximate surface area is 72.1 Å². The maximum atomic E-state index is 9.12. The van der Waals surface area contributed by atoms with Gasteiger partial charge in [-0.3, -0.25) is 5.32 Å². The Morgan fingerprint density at radius 2 is 2.45 bits per heavy atom. The molecule has 1 fully saturated rings. The molecule has 0 saturated carbocycles. The Hall–Kier alpha value is 0.01000. The molecule has 2 N–H and O–H groups in total. The largest absolute Gasteiger partial charge is 0.379 e. The fourth-order valence-corrected chi connectivity index (χ4v) is 2.07. The number of hydrogen-bond acceptors (Lipinski definition) is 3. The van der Waals surface area contributed by atoms with Crippen LogP contribution in [0.4, 0.5) is 0 Å².